The molecule has 5 nitrogen and oxygen atoms in total. The lowest BCUT2D eigenvalue weighted by Crippen LogP contribution is -2.26. The molecule has 0 aliphatic carbocycles. The van der Waals surface area contributed by atoms with E-state index in [1.807, 2.05) is 43.3 Å². The fourth-order valence-corrected chi connectivity index (χ4v) is 2.51. The zero-order valence-corrected chi connectivity index (χ0v) is 13.0. The first-order valence-electron chi connectivity index (χ1n) is 7.38. The Morgan fingerprint density at radius 3 is 2.61 bits per heavy atom. The molecule has 116 valence electrons. The summed E-state index contributed by atoms with van der Waals surface area (Å²) in [4.78, 5) is 29.2. The lowest BCUT2D eigenvalue weighted by molar-refractivity contribution is -0.115. The Morgan fingerprint density at radius 2 is 1.87 bits per heavy atom. The Morgan fingerprint density at radius 1 is 1.13 bits per heavy atom. The van der Waals surface area contributed by atoms with E-state index >= 15 is 0 Å². The first kappa shape index (κ1) is 15.0. The second-order valence-corrected chi connectivity index (χ2v) is 5.47. The van der Waals surface area contributed by atoms with Crippen LogP contribution < -0.4 is 10.9 Å². The predicted octanol–water partition coefficient (Wildman–Crippen LogP) is 2.49. The van der Waals surface area contributed by atoms with E-state index in [2.05, 4.69) is 10.3 Å². The van der Waals surface area contributed by atoms with E-state index in [1.165, 1.54) is 4.40 Å². The average Bonchev–Trinajstić information content (AvgIpc) is 2.53. The van der Waals surface area contributed by atoms with E-state index in [9.17, 15) is 9.59 Å². The van der Waals surface area contributed by atoms with Gasteiger partial charge in [0.25, 0.3) is 5.56 Å². The molecule has 5 heteroatoms. The topological polar surface area (TPSA) is 63.5 Å². The normalized spacial score (nSPS) is 10.7. The summed E-state index contributed by atoms with van der Waals surface area (Å²) in [6.45, 7) is 3.63. The first-order chi connectivity index (χ1) is 11.1. The van der Waals surface area contributed by atoms with Gasteiger partial charge in [-0.1, -0.05) is 36.4 Å². The number of rotatable bonds is 3. The average molecular weight is 307 g/mol. The van der Waals surface area contributed by atoms with E-state index < -0.39 is 0 Å². The predicted molar refractivity (Wildman–Crippen MR) is 89.7 cm³/mol. The molecule has 2 heterocycles. The van der Waals surface area contributed by atoms with E-state index in [1.54, 1.807) is 19.2 Å². The number of pyridine rings is 1. The maximum atomic E-state index is 12.6. The minimum atomic E-state index is -0.266. The van der Waals surface area contributed by atoms with Gasteiger partial charge in [-0.05, 0) is 31.0 Å². The van der Waals surface area contributed by atoms with Crippen LogP contribution in [-0.2, 0) is 11.2 Å². The Balaban J connectivity index is 1.94. The summed E-state index contributed by atoms with van der Waals surface area (Å²) in [5.74, 6) is -0.231. The molecule has 1 amide bonds. The molecule has 0 spiro atoms. The summed E-state index contributed by atoms with van der Waals surface area (Å²) in [5.41, 5.74) is 2.90. The highest BCUT2D eigenvalue weighted by molar-refractivity contribution is 5.92. The highest BCUT2D eigenvalue weighted by Crippen LogP contribution is 2.12. The van der Waals surface area contributed by atoms with E-state index in [4.69, 9.17) is 0 Å². The van der Waals surface area contributed by atoms with E-state index in [-0.39, 0.29) is 23.6 Å². The Bertz CT molecular complexity index is 930. The van der Waals surface area contributed by atoms with Crippen LogP contribution in [0.3, 0.4) is 0 Å². The van der Waals surface area contributed by atoms with Crippen LogP contribution in [0.5, 0.6) is 0 Å². The van der Waals surface area contributed by atoms with Gasteiger partial charge in [0.05, 0.1) is 12.1 Å². The number of amides is 1. The molecular formula is C18H17N3O2. The molecule has 3 rings (SSSR count). The molecule has 23 heavy (non-hydrogen) atoms. The van der Waals surface area contributed by atoms with Crippen LogP contribution in [0.4, 0.5) is 5.69 Å². The standard InChI is InChI=1S/C18H17N3O2/c1-12-7-6-10-21-17(12)19-13(2)16(18(21)23)20-15(22)11-14-8-4-3-5-9-14/h3-10H,11H2,1-2H3,(H,20,22). The van der Waals surface area contributed by atoms with Gasteiger partial charge in [0.2, 0.25) is 5.91 Å². The minimum absolute atomic E-state index is 0.218. The van der Waals surface area contributed by atoms with Crippen LogP contribution in [-0.4, -0.2) is 15.3 Å². The molecule has 0 aliphatic rings. The molecule has 3 aromatic rings. The number of benzene rings is 1. The minimum Gasteiger partial charge on any atom is -0.320 e. The van der Waals surface area contributed by atoms with Gasteiger partial charge in [0.1, 0.15) is 11.3 Å². The Kier molecular flexibility index (Phi) is 3.93. The fraction of sp³-hybridized carbons (Fsp3) is 0.167. The lowest BCUT2D eigenvalue weighted by atomic mass is 10.1. The molecule has 0 radical (unpaired) electrons. The van der Waals surface area contributed by atoms with Crippen molar-refractivity contribution >= 4 is 17.2 Å². The number of carbonyl (C=O) groups excluding carboxylic acids is 1. The third kappa shape index (κ3) is 2.99. The number of aromatic nitrogens is 2. The highest BCUT2D eigenvalue weighted by Gasteiger charge is 2.13. The smallest absolute Gasteiger partial charge is 0.281 e. The monoisotopic (exact) mass is 307 g/mol. The number of hydrogen-bond acceptors (Lipinski definition) is 3. The quantitative estimate of drug-likeness (QED) is 0.808. The largest absolute Gasteiger partial charge is 0.320 e. The summed E-state index contributed by atoms with van der Waals surface area (Å²) in [5, 5.41) is 2.70. The number of fused-ring (bicyclic) bond motifs is 1. The van der Waals surface area contributed by atoms with Gasteiger partial charge in [0.15, 0.2) is 0 Å². The molecular weight excluding hydrogens is 290 g/mol. The number of nitrogens with zero attached hydrogens (tertiary/aromatic N) is 2. The lowest BCUT2D eigenvalue weighted by Gasteiger charge is -2.10. The Labute approximate surface area is 133 Å². The van der Waals surface area contributed by atoms with Crippen LogP contribution in [0.2, 0.25) is 0 Å². The van der Waals surface area contributed by atoms with Crippen molar-refractivity contribution in [3.8, 4) is 0 Å². The van der Waals surface area contributed by atoms with Crippen molar-refractivity contribution in [3.05, 3.63) is 75.8 Å². The summed E-state index contributed by atoms with van der Waals surface area (Å²) < 4.78 is 1.46. The van der Waals surface area contributed by atoms with E-state index in [0.717, 1.165) is 11.1 Å². The molecule has 0 atom stereocenters. The number of carbonyl (C=O) groups is 1. The van der Waals surface area contributed by atoms with Gasteiger partial charge >= 0.3 is 0 Å². The first-order valence-corrected chi connectivity index (χ1v) is 7.38. The van der Waals surface area contributed by atoms with Gasteiger partial charge in [-0.25, -0.2) is 4.98 Å². The summed E-state index contributed by atoms with van der Waals surface area (Å²) in [7, 11) is 0. The second-order valence-electron chi connectivity index (χ2n) is 5.47. The zero-order valence-electron chi connectivity index (χ0n) is 13.0. The molecule has 0 fully saturated rings. The van der Waals surface area contributed by atoms with Crippen molar-refractivity contribution in [2.75, 3.05) is 5.32 Å². The second kappa shape index (κ2) is 6.04. The number of hydrogen-bond donors (Lipinski definition) is 1. The third-order valence-corrected chi connectivity index (χ3v) is 3.70. The Hall–Kier alpha value is -2.95. The van der Waals surface area contributed by atoms with Crippen LogP contribution in [0, 0.1) is 13.8 Å². The summed E-state index contributed by atoms with van der Waals surface area (Å²) >= 11 is 0. The van der Waals surface area contributed by atoms with Crippen molar-refractivity contribution in [1.82, 2.24) is 9.38 Å². The molecule has 1 N–H and O–H groups in total. The third-order valence-electron chi connectivity index (χ3n) is 3.70. The van der Waals surface area contributed by atoms with Gasteiger partial charge in [-0.15, -0.1) is 0 Å². The maximum Gasteiger partial charge on any atom is 0.281 e. The molecule has 1 aromatic carbocycles. The van der Waals surface area contributed by atoms with Crippen molar-refractivity contribution in [2.45, 2.75) is 20.3 Å². The van der Waals surface area contributed by atoms with Crippen LogP contribution >= 0.6 is 0 Å². The fourth-order valence-electron chi connectivity index (χ4n) is 2.51. The molecule has 0 saturated carbocycles. The number of aryl methyl sites for hydroxylation is 2. The number of anilines is 1. The van der Waals surface area contributed by atoms with Gasteiger partial charge in [0, 0.05) is 6.20 Å². The molecule has 0 aliphatic heterocycles. The van der Waals surface area contributed by atoms with E-state index in [0.29, 0.717) is 11.3 Å². The van der Waals surface area contributed by atoms with Crippen molar-refractivity contribution in [1.29, 1.82) is 0 Å². The maximum absolute atomic E-state index is 12.6. The highest BCUT2D eigenvalue weighted by atomic mass is 16.2. The SMILES string of the molecule is Cc1nc2c(C)cccn2c(=O)c1NC(=O)Cc1ccccc1. The van der Waals surface area contributed by atoms with Crippen LogP contribution in [0.25, 0.3) is 5.65 Å². The molecule has 0 unspecified atom stereocenters. The number of nitrogens with one attached hydrogen (secondary N) is 1. The van der Waals surface area contributed by atoms with Gasteiger partial charge < -0.3 is 5.32 Å². The zero-order chi connectivity index (χ0) is 16.4. The molecule has 0 bridgehead atoms. The molecule has 2 aromatic heterocycles. The molecule has 0 saturated heterocycles. The van der Waals surface area contributed by atoms with Crippen molar-refractivity contribution < 1.29 is 4.79 Å². The summed E-state index contributed by atoms with van der Waals surface area (Å²) in [6, 6.07) is 13.1. The summed E-state index contributed by atoms with van der Waals surface area (Å²) in [6.07, 6.45) is 1.88. The van der Waals surface area contributed by atoms with Crippen molar-refractivity contribution in [2.24, 2.45) is 0 Å². The van der Waals surface area contributed by atoms with Crippen LogP contribution in [0.15, 0.2) is 53.5 Å². The van der Waals surface area contributed by atoms with Gasteiger partial charge in [-0.3, -0.25) is 14.0 Å². The van der Waals surface area contributed by atoms with Crippen LogP contribution in [0.1, 0.15) is 16.8 Å². The van der Waals surface area contributed by atoms with Gasteiger partial charge in [-0.2, -0.15) is 0 Å². The van der Waals surface area contributed by atoms with Crippen molar-refractivity contribution in [3.63, 3.8) is 0 Å².